The van der Waals surface area contributed by atoms with Crippen LogP contribution in [0.3, 0.4) is 0 Å². The normalized spacial score (nSPS) is 46.5. The van der Waals surface area contributed by atoms with Crippen LogP contribution in [-0.2, 0) is 0 Å². The Morgan fingerprint density at radius 3 is 2.64 bits per heavy atom. The van der Waals surface area contributed by atoms with Gasteiger partial charge in [-0.3, -0.25) is 0 Å². The molecular formula is C26H43BO. The molecule has 0 aromatic rings. The maximum atomic E-state index is 10.2. The van der Waals surface area contributed by atoms with Gasteiger partial charge in [0.05, 0.1) is 14.0 Å². The number of aliphatic hydroxyl groups is 1. The minimum atomic E-state index is -0.0854. The zero-order valence-corrected chi connectivity index (χ0v) is 18.9. The molecule has 0 aromatic carbocycles. The SMILES string of the molecule is [B][C@H](CCC[C@H]1CC[C@H]2[C@@H]3CC=C4C[C@@H](O)CC[C@]4(C)[C@H]3CC[C@]12C)C(C)C. The van der Waals surface area contributed by atoms with Crippen LogP contribution >= 0.6 is 0 Å². The highest BCUT2D eigenvalue weighted by molar-refractivity contribution is 6.11. The molecule has 0 amide bonds. The molecule has 0 aromatic heterocycles. The van der Waals surface area contributed by atoms with Gasteiger partial charge in [-0.2, -0.15) is 0 Å². The summed E-state index contributed by atoms with van der Waals surface area (Å²) in [7, 11) is 6.32. The molecule has 1 N–H and O–H groups in total. The predicted molar refractivity (Wildman–Crippen MR) is 119 cm³/mol. The van der Waals surface area contributed by atoms with Crippen molar-refractivity contribution in [2.45, 2.75) is 110 Å². The second-order valence-electron chi connectivity index (χ2n) is 11.8. The van der Waals surface area contributed by atoms with E-state index in [-0.39, 0.29) is 6.10 Å². The molecule has 4 aliphatic carbocycles. The summed E-state index contributed by atoms with van der Waals surface area (Å²) in [4.78, 5) is 0. The van der Waals surface area contributed by atoms with Gasteiger partial charge >= 0.3 is 0 Å². The second kappa shape index (κ2) is 7.79. The number of allylic oxidation sites excluding steroid dienone is 1. The summed E-state index contributed by atoms with van der Waals surface area (Å²) >= 11 is 0. The van der Waals surface area contributed by atoms with Crippen molar-refractivity contribution >= 4 is 7.85 Å². The average molecular weight is 382 g/mol. The fourth-order valence-electron chi connectivity index (χ4n) is 8.16. The van der Waals surface area contributed by atoms with Crippen molar-refractivity contribution in [3.05, 3.63) is 11.6 Å². The van der Waals surface area contributed by atoms with Gasteiger partial charge in [-0.1, -0.05) is 63.9 Å². The maximum absolute atomic E-state index is 10.2. The van der Waals surface area contributed by atoms with E-state index in [2.05, 4.69) is 33.8 Å². The molecule has 0 spiro atoms. The topological polar surface area (TPSA) is 20.2 Å². The second-order valence-corrected chi connectivity index (χ2v) is 11.8. The molecule has 2 heteroatoms. The van der Waals surface area contributed by atoms with Gasteiger partial charge < -0.3 is 5.11 Å². The Kier molecular flexibility index (Phi) is 5.84. The molecule has 8 atom stereocenters. The van der Waals surface area contributed by atoms with Gasteiger partial charge in [-0.05, 0) is 92.3 Å². The summed E-state index contributed by atoms with van der Waals surface area (Å²) in [5.41, 5.74) is 2.55. The molecule has 28 heavy (non-hydrogen) atoms. The Balaban J connectivity index is 1.45. The molecule has 0 saturated heterocycles. The first kappa shape index (κ1) is 21.0. The van der Waals surface area contributed by atoms with E-state index >= 15 is 0 Å². The van der Waals surface area contributed by atoms with E-state index in [9.17, 15) is 5.11 Å². The Labute approximate surface area is 175 Å². The third-order valence-corrected chi connectivity index (χ3v) is 10.2. The van der Waals surface area contributed by atoms with Crippen LogP contribution in [0.25, 0.3) is 0 Å². The minimum Gasteiger partial charge on any atom is -0.393 e. The lowest BCUT2D eigenvalue weighted by molar-refractivity contribution is -0.0508. The number of hydrogen-bond acceptors (Lipinski definition) is 1. The lowest BCUT2D eigenvalue weighted by Crippen LogP contribution is -2.50. The van der Waals surface area contributed by atoms with Crippen molar-refractivity contribution in [3.8, 4) is 0 Å². The van der Waals surface area contributed by atoms with E-state index in [1.807, 2.05) is 0 Å². The van der Waals surface area contributed by atoms with Gasteiger partial charge in [0.25, 0.3) is 0 Å². The van der Waals surface area contributed by atoms with Crippen molar-refractivity contribution in [3.63, 3.8) is 0 Å². The smallest absolute Gasteiger partial charge is 0.0703 e. The number of aliphatic hydroxyl groups excluding tert-OH is 1. The first-order chi connectivity index (χ1) is 13.3. The summed E-state index contributed by atoms with van der Waals surface area (Å²) in [6.07, 6.45) is 16.6. The van der Waals surface area contributed by atoms with Crippen LogP contribution in [0.4, 0.5) is 0 Å². The Bertz CT molecular complexity index is 597. The van der Waals surface area contributed by atoms with E-state index in [4.69, 9.17) is 7.85 Å². The van der Waals surface area contributed by atoms with Crippen LogP contribution in [-0.4, -0.2) is 19.1 Å². The monoisotopic (exact) mass is 382 g/mol. The standard InChI is InChI=1S/C26H43BO/c1-17(2)24(27)7-5-6-18-9-11-22-21-10-8-19-16-20(28)12-14-26(19,4)23(21)13-15-25(18,22)3/h8,17-18,20-24,28H,5-7,9-16H2,1-4H3/t18-,20-,21-,22-,23-,24+,25+,26-/m0/s1. The highest BCUT2D eigenvalue weighted by Gasteiger charge is 2.58. The molecule has 2 radical (unpaired) electrons. The lowest BCUT2D eigenvalue weighted by Gasteiger charge is -2.58. The molecule has 4 aliphatic rings. The fraction of sp³-hybridized carbons (Fsp3) is 0.923. The van der Waals surface area contributed by atoms with Gasteiger partial charge in [-0.25, -0.2) is 0 Å². The third-order valence-electron chi connectivity index (χ3n) is 10.2. The fourth-order valence-corrected chi connectivity index (χ4v) is 8.16. The van der Waals surface area contributed by atoms with Gasteiger partial charge in [0.2, 0.25) is 0 Å². The van der Waals surface area contributed by atoms with Crippen LogP contribution in [0.2, 0.25) is 5.82 Å². The summed E-state index contributed by atoms with van der Waals surface area (Å²) < 4.78 is 0. The quantitative estimate of drug-likeness (QED) is 0.414. The maximum Gasteiger partial charge on any atom is 0.0703 e. The average Bonchev–Trinajstić information content (AvgIpc) is 2.99. The first-order valence-corrected chi connectivity index (χ1v) is 12.4. The van der Waals surface area contributed by atoms with Crippen molar-refractivity contribution in [1.82, 2.24) is 0 Å². The van der Waals surface area contributed by atoms with Gasteiger partial charge in [0, 0.05) is 0 Å². The van der Waals surface area contributed by atoms with Crippen molar-refractivity contribution < 1.29 is 5.11 Å². The molecule has 3 fully saturated rings. The van der Waals surface area contributed by atoms with E-state index in [1.165, 1.54) is 57.8 Å². The lowest BCUT2D eigenvalue weighted by atomic mass is 9.47. The number of rotatable bonds is 5. The van der Waals surface area contributed by atoms with Crippen molar-refractivity contribution in [1.29, 1.82) is 0 Å². The number of fused-ring (bicyclic) bond motifs is 5. The Morgan fingerprint density at radius 2 is 1.89 bits per heavy atom. The molecule has 0 unspecified atom stereocenters. The van der Waals surface area contributed by atoms with Gasteiger partial charge in [0.1, 0.15) is 0 Å². The Hall–Kier alpha value is -0.235. The Morgan fingerprint density at radius 1 is 1.11 bits per heavy atom. The molecule has 0 heterocycles. The molecule has 0 aliphatic heterocycles. The molecule has 0 bridgehead atoms. The van der Waals surface area contributed by atoms with Crippen LogP contribution in [0.5, 0.6) is 0 Å². The van der Waals surface area contributed by atoms with Gasteiger partial charge in [0.15, 0.2) is 0 Å². The van der Waals surface area contributed by atoms with E-state index in [0.717, 1.165) is 36.5 Å². The van der Waals surface area contributed by atoms with Crippen LogP contribution in [0, 0.1) is 40.4 Å². The van der Waals surface area contributed by atoms with Crippen molar-refractivity contribution in [2.75, 3.05) is 0 Å². The third kappa shape index (κ3) is 3.44. The van der Waals surface area contributed by atoms with Crippen LogP contribution in [0.15, 0.2) is 11.6 Å². The van der Waals surface area contributed by atoms with E-state index < -0.39 is 0 Å². The largest absolute Gasteiger partial charge is 0.393 e. The van der Waals surface area contributed by atoms with Gasteiger partial charge in [-0.15, -0.1) is 0 Å². The minimum absolute atomic E-state index is 0.0854. The predicted octanol–water partition coefficient (Wildman–Crippen LogP) is 6.71. The molecule has 4 rings (SSSR count). The zero-order valence-electron chi connectivity index (χ0n) is 18.9. The van der Waals surface area contributed by atoms with Crippen molar-refractivity contribution in [2.24, 2.45) is 40.4 Å². The molecule has 3 saturated carbocycles. The van der Waals surface area contributed by atoms with E-state index in [1.54, 1.807) is 5.57 Å². The summed E-state index contributed by atoms with van der Waals surface area (Å²) in [5.74, 6) is 4.60. The first-order valence-electron chi connectivity index (χ1n) is 12.4. The molecule has 1 nitrogen and oxygen atoms in total. The van der Waals surface area contributed by atoms with E-state index in [0.29, 0.717) is 22.6 Å². The highest BCUT2D eigenvalue weighted by atomic mass is 16.3. The summed E-state index contributed by atoms with van der Waals surface area (Å²) in [5, 5.41) is 10.2. The summed E-state index contributed by atoms with van der Waals surface area (Å²) in [6, 6.07) is 0. The summed E-state index contributed by atoms with van der Waals surface area (Å²) in [6.45, 7) is 9.72. The zero-order chi connectivity index (χ0) is 20.1. The number of hydrogen-bond donors (Lipinski definition) is 1. The molecular weight excluding hydrogens is 339 g/mol. The van der Waals surface area contributed by atoms with Crippen LogP contribution in [0.1, 0.15) is 98.3 Å². The van der Waals surface area contributed by atoms with Crippen LogP contribution < -0.4 is 0 Å². The highest BCUT2D eigenvalue weighted by Crippen LogP contribution is 2.66. The molecule has 156 valence electrons.